The number of hydrogen-bond acceptors (Lipinski definition) is 4. The summed E-state index contributed by atoms with van der Waals surface area (Å²) in [4.78, 5) is 16.5. The standard InChI is InChI=1S/C12H6BrNO2S/c13-7-1-2-8-9(11-5-14-6-17-11)4-12(15)16-10(8)3-7/h1-6H. The highest BCUT2D eigenvalue weighted by molar-refractivity contribution is 9.10. The first-order valence-corrected chi connectivity index (χ1v) is 6.53. The zero-order chi connectivity index (χ0) is 11.8. The molecule has 3 rings (SSSR count). The van der Waals surface area contributed by atoms with Gasteiger partial charge in [-0.2, -0.15) is 0 Å². The maximum atomic E-state index is 11.5. The summed E-state index contributed by atoms with van der Waals surface area (Å²) in [6.45, 7) is 0. The van der Waals surface area contributed by atoms with Crippen molar-refractivity contribution in [2.75, 3.05) is 0 Å². The zero-order valence-corrected chi connectivity index (χ0v) is 10.9. The van der Waals surface area contributed by atoms with Crippen molar-refractivity contribution >= 4 is 38.2 Å². The Labute approximate surface area is 109 Å². The van der Waals surface area contributed by atoms with E-state index in [2.05, 4.69) is 20.9 Å². The predicted molar refractivity (Wildman–Crippen MR) is 71.3 cm³/mol. The first-order valence-electron chi connectivity index (χ1n) is 4.86. The molecule has 0 amide bonds. The van der Waals surface area contributed by atoms with E-state index in [1.165, 1.54) is 17.4 Å². The smallest absolute Gasteiger partial charge is 0.336 e. The number of benzene rings is 1. The fraction of sp³-hybridized carbons (Fsp3) is 0. The molecule has 3 aromatic rings. The Morgan fingerprint density at radius 2 is 2.18 bits per heavy atom. The summed E-state index contributed by atoms with van der Waals surface area (Å²) in [5.41, 5.74) is 2.84. The fourth-order valence-electron chi connectivity index (χ4n) is 1.69. The maximum Gasteiger partial charge on any atom is 0.336 e. The van der Waals surface area contributed by atoms with Gasteiger partial charge >= 0.3 is 5.63 Å². The van der Waals surface area contributed by atoms with Crippen LogP contribution in [-0.2, 0) is 0 Å². The number of rotatable bonds is 1. The molecular formula is C12H6BrNO2S. The lowest BCUT2D eigenvalue weighted by Crippen LogP contribution is -1.97. The topological polar surface area (TPSA) is 43.1 Å². The van der Waals surface area contributed by atoms with Gasteiger partial charge in [-0.1, -0.05) is 15.9 Å². The Balaban J connectivity index is 2.42. The Hall–Kier alpha value is -1.46. The van der Waals surface area contributed by atoms with Crippen LogP contribution in [0, 0.1) is 0 Å². The van der Waals surface area contributed by atoms with Gasteiger partial charge in [0.15, 0.2) is 0 Å². The molecule has 0 aliphatic carbocycles. The van der Waals surface area contributed by atoms with Crippen LogP contribution in [0.4, 0.5) is 0 Å². The first-order chi connectivity index (χ1) is 8.24. The Morgan fingerprint density at radius 3 is 2.94 bits per heavy atom. The van der Waals surface area contributed by atoms with Crippen molar-refractivity contribution in [3.8, 4) is 10.4 Å². The second-order valence-electron chi connectivity index (χ2n) is 3.49. The molecule has 5 heteroatoms. The van der Waals surface area contributed by atoms with Gasteiger partial charge in [0.2, 0.25) is 0 Å². The molecule has 0 aliphatic rings. The van der Waals surface area contributed by atoms with Crippen molar-refractivity contribution in [3.63, 3.8) is 0 Å². The van der Waals surface area contributed by atoms with Gasteiger partial charge in [0, 0.05) is 27.7 Å². The quantitative estimate of drug-likeness (QED) is 0.644. The predicted octanol–water partition coefficient (Wildman–Crippen LogP) is 3.68. The minimum atomic E-state index is -0.348. The van der Waals surface area contributed by atoms with Crippen LogP contribution >= 0.6 is 27.3 Å². The van der Waals surface area contributed by atoms with E-state index in [9.17, 15) is 4.79 Å². The van der Waals surface area contributed by atoms with Crippen LogP contribution in [0.2, 0.25) is 0 Å². The van der Waals surface area contributed by atoms with E-state index in [1.54, 1.807) is 17.8 Å². The van der Waals surface area contributed by atoms with Crippen LogP contribution in [0.15, 0.2) is 49.7 Å². The SMILES string of the molecule is O=c1cc(-c2cncs2)c2ccc(Br)cc2o1. The van der Waals surface area contributed by atoms with E-state index in [4.69, 9.17) is 4.42 Å². The molecule has 0 fully saturated rings. The molecule has 0 radical (unpaired) electrons. The molecule has 0 saturated heterocycles. The summed E-state index contributed by atoms with van der Waals surface area (Å²) in [6, 6.07) is 7.15. The number of hydrogen-bond donors (Lipinski definition) is 0. The van der Waals surface area contributed by atoms with Gasteiger partial charge in [-0.15, -0.1) is 11.3 Å². The summed E-state index contributed by atoms with van der Waals surface area (Å²) in [5, 5.41) is 0.914. The zero-order valence-electron chi connectivity index (χ0n) is 8.51. The van der Waals surface area contributed by atoms with Crippen molar-refractivity contribution in [3.05, 3.63) is 50.9 Å². The Morgan fingerprint density at radius 1 is 1.29 bits per heavy atom. The molecule has 0 spiro atoms. The summed E-state index contributed by atoms with van der Waals surface area (Å²) in [5.74, 6) is 0. The van der Waals surface area contributed by atoms with Gasteiger partial charge in [0.05, 0.1) is 10.4 Å². The summed E-state index contributed by atoms with van der Waals surface area (Å²) in [7, 11) is 0. The molecule has 0 unspecified atom stereocenters. The third-order valence-corrected chi connectivity index (χ3v) is 3.70. The van der Waals surface area contributed by atoms with Gasteiger partial charge in [0.1, 0.15) is 5.58 Å². The van der Waals surface area contributed by atoms with E-state index in [1.807, 2.05) is 12.1 Å². The molecule has 0 bridgehead atoms. The molecule has 0 aliphatic heterocycles. The highest BCUT2D eigenvalue weighted by Crippen LogP contribution is 2.30. The lowest BCUT2D eigenvalue weighted by atomic mass is 10.1. The second kappa shape index (κ2) is 4.09. The third-order valence-electron chi connectivity index (χ3n) is 2.40. The van der Waals surface area contributed by atoms with Gasteiger partial charge in [0.25, 0.3) is 0 Å². The van der Waals surface area contributed by atoms with E-state index in [0.717, 1.165) is 20.3 Å². The molecule has 2 aromatic heterocycles. The van der Waals surface area contributed by atoms with Crippen LogP contribution in [-0.4, -0.2) is 4.98 Å². The lowest BCUT2D eigenvalue weighted by molar-refractivity contribution is 0.561. The first kappa shape index (κ1) is 10.7. The molecule has 0 N–H and O–H groups in total. The van der Waals surface area contributed by atoms with Gasteiger partial charge in [-0.3, -0.25) is 4.98 Å². The summed E-state index contributed by atoms with van der Waals surface area (Å²) in [6.07, 6.45) is 1.75. The highest BCUT2D eigenvalue weighted by atomic mass is 79.9. The van der Waals surface area contributed by atoms with Crippen LogP contribution in [0.1, 0.15) is 0 Å². The molecule has 0 saturated carbocycles. The number of halogens is 1. The number of aromatic nitrogens is 1. The van der Waals surface area contributed by atoms with Crippen molar-refractivity contribution in [2.24, 2.45) is 0 Å². The molecule has 0 atom stereocenters. The summed E-state index contributed by atoms with van der Waals surface area (Å²) < 4.78 is 6.06. The minimum absolute atomic E-state index is 0.348. The van der Waals surface area contributed by atoms with Gasteiger partial charge in [-0.25, -0.2) is 4.79 Å². The molecule has 84 valence electrons. The number of fused-ring (bicyclic) bond motifs is 1. The third kappa shape index (κ3) is 1.92. The van der Waals surface area contributed by atoms with Crippen LogP contribution in [0.25, 0.3) is 21.4 Å². The largest absolute Gasteiger partial charge is 0.423 e. The Bertz CT molecular complexity index is 734. The van der Waals surface area contributed by atoms with E-state index < -0.39 is 0 Å². The van der Waals surface area contributed by atoms with Crippen LogP contribution in [0.3, 0.4) is 0 Å². The van der Waals surface area contributed by atoms with Crippen molar-refractivity contribution in [1.29, 1.82) is 0 Å². The molecule has 2 heterocycles. The highest BCUT2D eigenvalue weighted by Gasteiger charge is 2.09. The van der Waals surface area contributed by atoms with Crippen molar-refractivity contribution in [2.45, 2.75) is 0 Å². The van der Waals surface area contributed by atoms with Crippen LogP contribution in [0.5, 0.6) is 0 Å². The Kier molecular flexibility index (Phi) is 2.57. The molecule has 1 aromatic carbocycles. The van der Waals surface area contributed by atoms with Crippen molar-refractivity contribution < 1.29 is 4.42 Å². The summed E-state index contributed by atoms with van der Waals surface area (Å²) >= 11 is 4.86. The number of nitrogens with zero attached hydrogens (tertiary/aromatic N) is 1. The fourth-order valence-corrected chi connectivity index (χ4v) is 2.68. The monoisotopic (exact) mass is 307 g/mol. The van der Waals surface area contributed by atoms with E-state index in [-0.39, 0.29) is 5.63 Å². The van der Waals surface area contributed by atoms with Crippen molar-refractivity contribution in [1.82, 2.24) is 4.98 Å². The van der Waals surface area contributed by atoms with Gasteiger partial charge in [-0.05, 0) is 18.2 Å². The van der Waals surface area contributed by atoms with E-state index in [0.29, 0.717) is 5.58 Å². The molecule has 17 heavy (non-hydrogen) atoms. The van der Waals surface area contributed by atoms with Gasteiger partial charge < -0.3 is 4.42 Å². The van der Waals surface area contributed by atoms with Crippen LogP contribution < -0.4 is 5.63 Å². The maximum absolute atomic E-state index is 11.5. The molecular weight excluding hydrogens is 302 g/mol. The lowest BCUT2D eigenvalue weighted by Gasteiger charge is -2.02. The normalized spacial score (nSPS) is 10.9. The second-order valence-corrected chi connectivity index (χ2v) is 5.29. The average molecular weight is 308 g/mol. The average Bonchev–Trinajstić information content (AvgIpc) is 2.80. The number of thiazole rings is 1. The van der Waals surface area contributed by atoms with E-state index >= 15 is 0 Å². The minimum Gasteiger partial charge on any atom is -0.423 e. The molecule has 3 nitrogen and oxygen atoms in total.